The van der Waals surface area contributed by atoms with Crippen molar-refractivity contribution in [2.24, 2.45) is 0 Å². The van der Waals surface area contributed by atoms with E-state index in [2.05, 4.69) is 10.1 Å². The molecular formula is C13H13FN4S. The van der Waals surface area contributed by atoms with Crippen LogP contribution in [0, 0.1) is 12.7 Å². The van der Waals surface area contributed by atoms with Crippen LogP contribution in [-0.4, -0.2) is 21.6 Å². The molecule has 19 heavy (non-hydrogen) atoms. The van der Waals surface area contributed by atoms with Crippen LogP contribution in [0.1, 0.15) is 11.3 Å². The average molecular weight is 276 g/mol. The van der Waals surface area contributed by atoms with Gasteiger partial charge in [0.15, 0.2) is 0 Å². The van der Waals surface area contributed by atoms with E-state index < -0.39 is 0 Å². The van der Waals surface area contributed by atoms with Gasteiger partial charge in [0.05, 0.1) is 11.9 Å². The van der Waals surface area contributed by atoms with Crippen LogP contribution in [0.4, 0.5) is 9.52 Å². The summed E-state index contributed by atoms with van der Waals surface area (Å²) in [5, 5.41) is 5.26. The van der Waals surface area contributed by atoms with E-state index >= 15 is 0 Å². The van der Waals surface area contributed by atoms with E-state index in [-0.39, 0.29) is 5.82 Å². The molecule has 2 heterocycles. The fourth-order valence-corrected chi connectivity index (χ4v) is 2.79. The van der Waals surface area contributed by atoms with Gasteiger partial charge in [-0.1, -0.05) is 29.5 Å². The van der Waals surface area contributed by atoms with Crippen LogP contribution in [0.3, 0.4) is 0 Å². The molecule has 2 aromatic heterocycles. The first-order chi connectivity index (χ1) is 9.13. The van der Waals surface area contributed by atoms with Crippen molar-refractivity contribution in [1.29, 1.82) is 0 Å². The largest absolute Gasteiger partial charge is 0.345 e. The molecule has 0 amide bonds. The number of fused-ring (bicyclic) bond motifs is 1. The Morgan fingerprint density at radius 2 is 2.16 bits per heavy atom. The number of aromatic nitrogens is 3. The molecule has 0 bridgehead atoms. The second-order valence-corrected chi connectivity index (χ2v) is 5.38. The molecule has 3 aromatic rings. The number of aryl methyl sites for hydroxylation is 1. The van der Waals surface area contributed by atoms with Crippen molar-refractivity contribution in [3.63, 3.8) is 0 Å². The van der Waals surface area contributed by atoms with E-state index in [0.29, 0.717) is 12.1 Å². The Bertz CT molecular complexity index is 687. The molecule has 0 atom stereocenters. The third kappa shape index (κ3) is 2.31. The molecule has 0 fully saturated rings. The monoisotopic (exact) mass is 276 g/mol. The lowest BCUT2D eigenvalue weighted by atomic mass is 10.2. The summed E-state index contributed by atoms with van der Waals surface area (Å²) in [6.07, 6.45) is 1.88. The molecule has 6 heteroatoms. The van der Waals surface area contributed by atoms with E-state index in [1.54, 1.807) is 16.6 Å². The fourth-order valence-electron chi connectivity index (χ4n) is 1.90. The lowest BCUT2D eigenvalue weighted by molar-refractivity contribution is 0.607. The molecule has 4 nitrogen and oxygen atoms in total. The first kappa shape index (κ1) is 12.1. The van der Waals surface area contributed by atoms with Crippen molar-refractivity contribution in [3.05, 3.63) is 47.5 Å². The first-order valence-corrected chi connectivity index (χ1v) is 6.72. The smallest absolute Gasteiger partial charge is 0.214 e. The van der Waals surface area contributed by atoms with Crippen LogP contribution in [-0.2, 0) is 6.54 Å². The minimum Gasteiger partial charge on any atom is -0.345 e. The van der Waals surface area contributed by atoms with E-state index in [1.165, 1.54) is 17.4 Å². The number of nitrogens with zero attached hydrogens (tertiary/aromatic N) is 4. The minimum atomic E-state index is -0.188. The molecule has 0 N–H and O–H groups in total. The van der Waals surface area contributed by atoms with Gasteiger partial charge in [0, 0.05) is 19.2 Å². The fraction of sp³-hybridized carbons (Fsp3) is 0.231. The SMILES string of the molecule is Cc1cn2nc(N(C)Cc3ccccc3F)sc2n1. The van der Waals surface area contributed by atoms with Crippen molar-refractivity contribution in [2.45, 2.75) is 13.5 Å². The topological polar surface area (TPSA) is 33.4 Å². The summed E-state index contributed by atoms with van der Waals surface area (Å²) < 4.78 is 15.4. The van der Waals surface area contributed by atoms with E-state index in [1.807, 2.05) is 31.1 Å². The highest BCUT2D eigenvalue weighted by Gasteiger charge is 2.12. The second-order valence-electron chi connectivity index (χ2n) is 4.44. The molecular weight excluding hydrogens is 263 g/mol. The van der Waals surface area contributed by atoms with Crippen LogP contribution in [0.2, 0.25) is 0 Å². The van der Waals surface area contributed by atoms with Crippen molar-refractivity contribution < 1.29 is 4.39 Å². The molecule has 3 rings (SSSR count). The van der Waals surface area contributed by atoms with Crippen molar-refractivity contribution in [1.82, 2.24) is 14.6 Å². The highest BCUT2D eigenvalue weighted by atomic mass is 32.1. The van der Waals surface area contributed by atoms with Gasteiger partial charge in [0.2, 0.25) is 10.1 Å². The van der Waals surface area contributed by atoms with Crippen LogP contribution in [0.25, 0.3) is 4.96 Å². The maximum Gasteiger partial charge on any atom is 0.214 e. The van der Waals surface area contributed by atoms with E-state index in [0.717, 1.165) is 15.8 Å². The molecule has 0 saturated heterocycles. The van der Waals surface area contributed by atoms with E-state index in [4.69, 9.17) is 0 Å². The van der Waals surface area contributed by atoms with Gasteiger partial charge in [-0.15, -0.1) is 5.10 Å². The Morgan fingerprint density at radius 1 is 1.37 bits per heavy atom. The Kier molecular flexibility index (Phi) is 2.94. The van der Waals surface area contributed by atoms with Gasteiger partial charge in [0.25, 0.3) is 0 Å². The lowest BCUT2D eigenvalue weighted by Gasteiger charge is -2.15. The summed E-state index contributed by atoms with van der Waals surface area (Å²) in [6.45, 7) is 2.42. The third-order valence-electron chi connectivity index (χ3n) is 2.84. The molecule has 1 aromatic carbocycles. The standard InChI is InChI=1S/C13H13FN4S/c1-9-7-18-12(15-9)19-13(16-18)17(2)8-10-5-3-4-6-11(10)14/h3-7H,8H2,1-2H3. The van der Waals surface area contributed by atoms with Gasteiger partial charge in [-0.3, -0.25) is 0 Å². The molecule has 0 radical (unpaired) electrons. The summed E-state index contributed by atoms with van der Waals surface area (Å²) in [5.41, 5.74) is 1.61. The molecule has 0 aliphatic carbocycles. The number of imidazole rings is 1. The van der Waals surface area contributed by atoms with E-state index in [9.17, 15) is 4.39 Å². The summed E-state index contributed by atoms with van der Waals surface area (Å²) in [7, 11) is 1.90. The number of benzene rings is 1. The summed E-state index contributed by atoms with van der Waals surface area (Å²) >= 11 is 1.50. The number of hydrogen-bond acceptors (Lipinski definition) is 4. The highest BCUT2D eigenvalue weighted by Crippen LogP contribution is 2.23. The molecule has 0 saturated carbocycles. The van der Waals surface area contributed by atoms with Crippen molar-refractivity contribution in [3.8, 4) is 0 Å². The predicted molar refractivity (Wildman–Crippen MR) is 74.1 cm³/mol. The Balaban J connectivity index is 1.85. The Labute approximate surface area is 114 Å². The number of hydrogen-bond donors (Lipinski definition) is 0. The second kappa shape index (κ2) is 4.62. The lowest BCUT2D eigenvalue weighted by Crippen LogP contribution is -2.17. The summed E-state index contributed by atoms with van der Waals surface area (Å²) in [4.78, 5) is 7.14. The van der Waals surface area contributed by atoms with Crippen molar-refractivity contribution in [2.75, 3.05) is 11.9 Å². The normalized spacial score (nSPS) is 11.1. The number of rotatable bonds is 3. The summed E-state index contributed by atoms with van der Waals surface area (Å²) in [6, 6.07) is 6.79. The molecule has 0 spiro atoms. The summed E-state index contributed by atoms with van der Waals surface area (Å²) in [5.74, 6) is -0.188. The highest BCUT2D eigenvalue weighted by molar-refractivity contribution is 7.20. The zero-order valence-electron chi connectivity index (χ0n) is 10.7. The van der Waals surface area contributed by atoms with Crippen molar-refractivity contribution >= 4 is 21.4 Å². The average Bonchev–Trinajstić information content (AvgIpc) is 2.89. The zero-order chi connectivity index (χ0) is 13.4. The number of anilines is 1. The van der Waals surface area contributed by atoms with Crippen LogP contribution in [0.5, 0.6) is 0 Å². The Hall–Kier alpha value is -1.95. The number of halogens is 1. The maximum absolute atomic E-state index is 13.6. The predicted octanol–water partition coefficient (Wildman–Crippen LogP) is 2.87. The van der Waals surface area contributed by atoms with Gasteiger partial charge in [-0.05, 0) is 13.0 Å². The van der Waals surface area contributed by atoms with Gasteiger partial charge in [-0.25, -0.2) is 13.9 Å². The minimum absolute atomic E-state index is 0.188. The first-order valence-electron chi connectivity index (χ1n) is 5.91. The van der Waals surface area contributed by atoms with Crippen LogP contribution in [0.15, 0.2) is 30.5 Å². The van der Waals surface area contributed by atoms with Gasteiger partial charge in [-0.2, -0.15) is 0 Å². The van der Waals surface area contributed by atoms with Gasteiger partial charge >= 0.3 is 0 Å². The third-order valence-corrected chi connectivity index (χ3v) is 3.88. The maximum atomic E-state index is 13.6. The zero-order valence-corrected chi connectivity index (χ0v) is 11.5. The molecule has 0 aliphatic heterocycles. The van der Waals surface area contributed by atoms with Crippen LogP contribution >= 0.6 is 11.3 Å². The molecule has 0 aliphatic rings. The van der Waals surface area contributed by atoms with Crippen LogP contribution < -0.4 is 4.90 Å². The quantitative estimate of drug-likeness (QED) is 0.737. The van der Waals surface area contributed by atoms with Gasteiger partial charge in [0.1, 0.15) is 5.82 Å². The molecule has 0 unspecified atom stereocenters. The molecule has 98 valence electrons. The Morgan fingerprint density at radius 3 is 2.89 bits per heavy atom. The van der Waals surface area contributed by atoms with Gasteiger partial charge < -0.3 is 4.90 Å².